The molecule has 2 aromatic rings. The number of fused-ring (bicyclic) bond motifs is 1. The molecular weight excluding hydrogens is 264 g/mol. The Kier molecular flexibility index (Phi) is 3.14. The number of thioether (sulfide) groups is 1. The van der Waals surface area contributed by atoms with Gasteiger partial charge >= 0.3 is 0 Å². The van der Waals surface area contributed by atoms with E-state index in [0.29, 0.717) is 5.02 Å². The summed E-state index contributed by atoms with van der Waals surface area (Å²) >= 11 is 7.60. The molecule has 90 valence electrons. The largest absolute Gasteiger partial charge is 0.293 e. The number of ketones is 1. The van der Waals surface area contributed by atoms with E-state index in [1.165, 1.54) is 4.90 Å². The Labute approximate surface area is 115 Å². The molecule has 0 aromatic heterocycles. The highest BCUT2D eigenvalue weighted by Crippen LogP contribution is 2.40. The number of benzene rings is 2. The van der Waals surface area contributed by atoms with Gasteiger partial charge in [-0.05, 0) is 35.9 Å². The third-order valence-corrected chi connectivity index (χ3v) is 4.58. The molecule has 0 aliphatic carbocycles. The lowest BCUT2D eigenvalue weighted by Gasteiger charge is -2.09. The second-order valence-corrected chi connectivity index (χ2v) is 5.77. The van der Waals surface area contributed by atoms with Gasteiger partial charge in [0.05, 0.1) is 5.92 Å². The minimum Gasteiger partial charge on any atom is -0.293 e. The van der Waals surface area contributed by atoms with Gasteiger partial charge in [0.15, 0.2) is 5.78 Å². The van der Waals surface area contributed by atoms with Crippen molar-refractivity contribution in [1.82, 2.24) is 0 Å². The van der Waals surface area contributed by atoms with Crippen LogP contribution >= 0.6 is 23.4 Å². The van der Waals surface area contributed by atoms with Crippen molar-refractivity contribution < 1.29 is 4.79 Å². The fraction of sp³-hybridized carbons (Fsp3) is 0.133. The third-order valence-electron chi connectivity index (χ3n) is 3.15. The molecule has 1 heterocycles. The highest BCUT2D eigenvalue weighted by atomic mass is 35.5. The van der Waals surface area contributed by atoms with Gasteiger partial charge in [0.2, 0.25) is 0 Å². The number of carbonyl (C=O) groups excluding carboxylic acids is 1. The first kappa shape index (κ1) is 11.8. The molecule has 0 radical (unpaired) electrons. The zero-order chi connectivity index (χ0) is 12.5. The molecular formula is C15H11ClOS. The van der Waals surface area contributed by atoms with Gasteiger partial charge in [0.25, 0.3) is 0 Å². The third kappa shape index (κ3) is 2.06. The van der Waals surface area contributed by atoms with Gasteiger partial charge in [-0.2, -0.15) is 0 Å². The summed E-state index contributed by atoms with van der Waals surface area (Å²) < 4.78 is 0. The number of Topliss-reactive ketones (excluding diaryl/α,β-unsaturated/α-hetero) is 1. The first-order chi connectivity index (χ1) is 8.75. The van der Waals surface area contributed by atoms with Crippen LogP contribution in [-0.4, -0.2) is 11.5 Å². The Hall–Kier alpha value is -1.25. The van der Waals surface area contributed by atoms with Gasteiger partial charge in [-0.3, -0.25) is 4.79 Å². The zero-order valence-electron chi connectivity index (χ0n) is 9.60. The van der Waals surface area contributed by atoms with Gasteiger partial charge in [-0.25, -0.2) is 0 Å². The lowest BCUT2D eigenvalue weighted by atomic mass is 9.92. The van der Waals surface area contributed by atoms with E-state index in [9.17, 15) is 4.79 Å². The predicted octanol–water partition coefficient (Wildman–Crippen LogP) is 4.41. The summed E-state index contributed by atoms with van der Waals surface area (Å²) in [5, 5.41) is 0.660. The van der Waals surface area contributed by atoms with E-state index in [4.69, 9.17) is 11.6 Å². The van der Waals surface area contributed by atoms with Crippen molar-refractivity contribution in [1.29, 1.82) is 0 Å². The average Bonchev–Trinajstić information content (AvgIpc) is 2.82. The Morgan fingerprint density at radius 3 is 2.61 bits per heavy atom. The molecule has 0 saturated carbocycles. The SMILES string of the molecule is O=C(c1ccc(Cl)cc1)C1CSc2ccccc21. The molecule has 0 fully saturated rings. The van der Waals surface area contributed by atoms with Crippen LogP contribution in [0.1, 0.15) is 21.8 Å². The van der Waals surface area contributed by atoms with E-state index < -0.39 is 0 Å². The molecule has 3 rings (SSSR count). The number of hydrogen-bond donors (Lipinski definition) is 0. The van der Waals surface area contributed by atoms with E-state index in [1.807, 2.05) is 18.2 Å². The Balaban J connectivity index is 1.93. The lowest BCUT2D eigenvalue weighted by Crippen LogP contribution is -2.12. The van der Waals surface area contributed by atoms with E-state index in [1.54, 1.807) is 36.0 Å². The van der Waals surface area contributed by atoms with Crippen LogP contribution in [-0.2, 0) is 0 Å². The van der Waals surface area contributed by atoms with E-state index in [2.05, 4.69) is 6.07 Å². The first-order valence-electron chi connectivity index (χ1n) is 5.77. The molecule has 1 aliphatic rings. The summed E-state index contributed by atoms with van der Waals surface area (Å²) in [7, 11) is 0. The first-order valence-corrected chi connectivity index (χ1v) is 7.13. The Morgan fingerprint density at radius 1 is 1.11 bits per heavy atom. The molecule has 0 bridgehead atoms. The summed E-state index contributed by atoms with van der Waals surface area (Å²) in [6.07, 6.45) is 0. The van der Waals surface area contributed by atoms with Crippen LogP contribution in [0.15, 0.2) is 53.4 Å². The summed E-state index contributed by atoms with van der Waals surface area (Å²) in [4.78, 5) is 13.7. The molecule has 0 saturated heterocycles. The Bertz CT molecular complexity index is 592. The highest BCUT2D eigenvalue weighted by Gasteiger charge is 2.29. The molecule has 1 nitrogen and oxygen atoms in total. The predicted molar refractivity (Wildman–Crippen MR) is 75.7 cm³/mol. The molecule has 3 heteroatoms. The smallest absolute Gasteiger partial charge is 0.171 e. The summed E-state index contributed by atoms with van der Waals surface area (Å²) in [5.74, 6) is 0.998. The zero-order valence-corrected chi connectivity index (χ0v) is 11.2. The molecule has 0 amide bonds. The van der Waals surface area contributed by atoms with E-state index in [0.717, 1.165) is 16.9 Å². The lowest BCUT2D eigenvalue weighted by molar-refractivity contribution is 0.0968. The minimum atomic E-state index is -0.0209. The second kappa shape index (κ2) is 4.79. The van der Waals surface area contributed by atoms with Crippen LogP contribution in [0.5, 0.6) is 0 Å². The van der Waals surface area contributed by atoms with Gasteiger partial charge in [0.1, 0.15) is 0 Å². The number of halogens is 1. The maximum absolute atomic E-state index is 12.5. The number of carbonyl (C=O) groups is 1. The van der Waals surface area contributed by atoms with Crippen molar-refractivity contribution in [2.75, 3.05) is 5.75 Å². The maximum atomic E-state index is 12.5. The fourth-order valence-electron chi connectivity index (χ4n) is 2.20. The van der Waals surface area contributed by atoms with Crippen molar-refractivity contribution in [2.45, 2.75) is 10.8 Å². The van der Waals surface area contributed by atoms with Gasteiger partial charge in [0, 0.05) is 21.2 Å². The van der Waals surface area contributed by atoms with Gasteiger partial charge in [-0.1, -0.05) is 29.8 Å². The van der Waals surface area contributed by atoms with Gasteiger partial charge in [-0.15, -0.1) is 11.8 Å². The summed E-state index contributed by atoms with van der Waals surface area (Å²) in [6.45, 7) is 0. The van der Waals surface area contributed by atoms with Crippen molar-refractivity contribution in [3.63, 3.8) is 0 Å². The monoisotopic (exact) mass is 274 g/mol. The fourth-order valence-corrected chi connectivity index (χ4v) is 3.55. The van der Waals surface area contributed by atoms with Crippen LogP contribution in [0.4, 0.5) is 0 Å². The molecule has 0 N–H and O–H groups in total. The van der Waals surface area contributed by atoms with Crippen LogP contribution in [0.2, 0.25) is 5.02 Å². The topological polar surface area (TPSA) is 17.1 Å². The summed E-state index contributed by atoms with van der Waals surface area (Å²) in [6, 6.07) is 15.3. The van der Waals surface area contributed by atoms with Crippen molar-refractivity contribution >= 4 is 29.1 Å². The highest BCUT2D eigenvalue weighted by molar-refractivity contribution is 7.99. The number of rotatable bonds is 2. The van der Waals surface area contributed by atoms with Crippen molar-refractivity contribution in [3.05, 3.63) is 64.7 Å². The molecule has 2 aromatic carbocycles. The Morgan fingerprint density at radius 2 is 1.83 bits per heavy atom. The van der Waals surface area contributed by atoms with Crippen LogP contribution < -0.4 is 0 Å². The average molecular weight is 275 g/mol. The molecule has 1 atom stereocenters. The standard InChI is InChI=1S/C15H11ClOS/c16-11-7-5-10(6-8-11)15(17)13-9-18-14-4-2-1-3-12(13)14/h1-8,13H,9H2. The van der Waals surface area contributed by atoms with Crippen LogP contribution in [0, 0.1) is 0 Å². The van der Waals surface area contributed by atoms with Crippen LogP contribution in [0.3, 0.4) is 0 Å². The molecule has 0 spiro atoms. The maximum Gasteiger partial charge on any atom is 0.171 e. The molecule has 1 aliphatic heterocycles. The van der Waals surface area contributed by atoms with Gasteiger partial charge < -0.3 is 0 Å². The van der Waals surface area contributed by atoms with E-state index in [-0.39, 0.29) is 11.7 Å². The molecule has 1 unspecified atom stereocenters. The quantitative estimate of drug-likeness (QED) is 0.755. The van der Waals surface area contributed by atoms with Crippen LogP contribution in [0.25, 0.3) is 0 Å². The minimum absolute atomic E-state index is 0.0209. The summed E-state index contributed by atoms with van der Waals surface area (Å²) in [5.41, 5.74) is 1.89. The normalized spacial score (nSPS) is 17.5. The van der Waals surface area contributed by atoms with Crippen molar-refractivity contribution in [2.24, 2.45) is 0 Å². The van der Waals surface area contributed by atoms with Crippen molar-refractivity contribution in [3.8, 4) is 0 Å². The number of hydrogen-bond acceptors (Lipinski definition) is 2. The second-order valence-electron chi connectivity index (χ2n) is 4.27. The van der Waals surface area contributed by atoms with E-state index >= 15 is 0 Å². The molecule has 18 heavy (non-hydrogen) atoms.